The van der Waals surface area contributed by atoms with Crippen LogP contribution in [0.5, 0.6) is 0 Å². The minimum absolute atomic E-state index is 0.338. The van der Waals surface area contributed by atoms with E-state index in [1.54, 1.807) is 0 Å². The van der Waals surface area contributed by atoms with Gasteiger partial charge in [-0.2, -0.15) is 0 Å². The second kappa shape index (κ2) is 4.31. The third-order valence-electron chi connectivity index (χ3n) is 2.91. The second-order valence-electron chi connectivity index (χ2n) is 4.17. The van der Waals surface area contributed by atoms with E-state index in [1.807, 2.05) is 28.8 Å². The van der Waals surface area contributed by atoms with Gasteiger partial charge in [0.05, 0.1) is 16.6 Å². The van der Waals surface area contributed by atoms with Gasteiger partial charge in [-0.05, 0) is 25.0 Å². The second-order valence-corrected chi connectivity index (χ2v) is 4.84. The predicted octanol–water partition coefficient (Wildman–Crippen LogP) is 3.54. The molecule has 0 atom stereocenters. The summed E-state index contributed by atoms with van der Waals surface area (Å²) < 4.78 is 1.99. The Hall–Kier alpha value is -1.06. The SMILES string of the molecule is ClCc1nnc(C2CC2)n1-c1ccccc1Cl. The van der Waals surface area contributed by atoms with Gasteiger partial charge in [0.25, 0.3) is 0 Å². The van der Waals surface area contributed by atoms with Crippen LogP contribution in [0.25, 0.3) is 5.69 Å². The minimum Gasteiger partial charge on any atom is -0.280 e. The number of alkyl halides is 1. The summed E-state index contributed by atoms with van der Waals surface area (Å²) in [4.78, 5) is 0. The molecule has 1 fully saturated rings. The van der Waals surface area contributed by atoms with Crippen molar-refractivity contribution in [1.82, 2.24) is 14.8 Å². The van der Waals surface area contributed by atoms with E-state index in [0.717, 1.165) is 17.3 Å². The number of aromatic nitrogens is 3. The molecule has 1 aromatic carbocycles. The zero-order valence-corrected chi connectivity index (χ0v) is 10.6. The molecule has 0 aliphatic heterocycles. The third-order valence-corrected chi connectivity index (χ3v) is 3.47. The molecule has 1 aromatic heterocycles. The highest BCUT2D eigenvalue weighted by atomic mass is 35.5. The lowest BCUT2D eigenvalue weighted by atomic mass is 10.3. The average molecular weight is 268 g/mol. The number of halogens is 2. The molecule has 0 bridgehead atoms. The number of rotatable bonds is 3. The van der Waals surface area contributed by atoms with Crippen molar-refractivity contribution in [3.05, 3.63) is 40.9 Å². The van der Waals surface area contributed by atoms with Crippen molar-refractivity contribution in [3.63, 3.8) is 0 Å². The van der Waals surface area contributed by atoms with Crippen molar-refractivity contribution in [2.75, 3.05) is 0 Å². The summed E-state index contributed by atoms with van der Waals surface area (Å²) in [7, 11) is 0. The lowest BCUT2D eigenvalue weighted by Crippen LogP contribution is -2.04. The van der Waals surface area contributed by atoms with Crippen LogP contribution in [-0.2, 0) is 5.88 Å². The van der Waals surface area contributed by atoms with Gasteiger partial charge in [0.1, 0.15) is 5.82 Å². The molecule has 88 valence electrons. The molecular formula is C12H11Cl2N3. The van der Waals surface area contributed by atoms with Crippen LogP contribution >= 0.6 is 23.2 Å². The van der Waals surface area contributed by atoms with E-state index in [4.69, 9.17) is 23.2 Å². The summed E-state index contributed by atoms with van der Waals surface area (Å²) >= 11 is 12.1. The topological polar surface area (TPSA) is 30.7 Å². The van der Waals surface area contributed by atoms with Gasteiger partial charge in [0.15, 0.2) is 5.82 Å². The lowest BCUT2D eigenvalue weighted by Gasteiger charge is -2.10. The molecule has 1 aliphatic carbocycles. The zero-order chi connectivity index (χ0) is 11.8. The Morgan fingerprint density at radius 1 is 1.24 bits per heavy atom. The highest BCUT2D eigenvalue weighted by molar-refractivity contribution is 6.32. The lowest BCUT2D eigenvalue weighted by molar-refractivity contribution is 0.858. The maximum absolute atomic E-state index is 6.22. The van der Waals surface area contributed by atoms with Crippen molar-refractivity contribution >= 4 is 23.2 Å². The Labute approximate surface area is 109 Å². The van der Waals surface area contributed by atoms with Crippen molar-refractivity contribution in [2.45, 2.75) is 24.6 Å². The van der Waals surface area contributed by atoms with Crippen LogP contribution in [0.4, 0.5) is 0 Å². The molecule has 0 radical (unpaired) electrons. The van der Waals surface area contributed by atoms with Gasteiger partial charge in [-0.15, -0.1) is 21.8 Å². The first-order valence-electron chi connectivity index (χ1n) is 5.56. The minimum atomic E-state index is 0.338. The van der Waals surface area contributed by atoms with Crippen LogP contribution < -0.4 is 0 Å². The van der Waals surface area contributed by atoms with Crippen LogP contribution in [0.15, 0.2) is 24.3 Å². The Morgan fingerprint density at radius 3 is 2.65 bits per heavy atom. The molecule has 0 unspecified atom stereocenters. The number of hydrogen-bond donors (Lipinski definition) is 0. The molecule has 0 spiro atoms. The summed E-state index contributed by atoms with van der Waals surface area (Å²) in [6.07, 6.45) is 2.34. The molecule has 0 amide bonds. The van der Waals surface area contributed by atoms with E-state index in [-0.39, 0.29) is 0 Å². The van der Waals surface area contributed by atoms with Crippen LogP contribution in [0.1, 0.15) is 30.4 Å². The fourth-order valence-corrected chi connectivity index (χ4v) is 2.31. The molecule has 2 aromatic rings. The van der Waals surface area contributed by atoms with Crippen LogP contribution in [0, 0.1) is 0 Å². The van der Waals surface area contributed by atoms with Gasteiger partial charge >= 0.3 is 0 Å². The number of para-hydroxylation sites is 1. The van der Waals surface area contributed by atoms with E-state index >= 15 is 0 Å². The number of benzene rings is 1. The van der Waals surface area contributed by atoms with E-state index in [2.05, 4.69) is 10.2 Å². The van der Waals surface area contributed by atoms with E-state index < -0.39 is 0 Å². The zero-order valence-electron chi connectivity index (χ0n) is 9.11. The first-order chi connectivity index (χ1) is 8.31. The molecule has 5 heteroatoms. The molecule has 0 N–H and O–H groups in total. The van der Waals surface area contributed by atoms with Gasteiger partial charge in [0.2, 0.25) is 0 Å². The molecule has 1 heterocycles. The molecular weight excluding hydrogens is 257 g/mol. The Balaban J connectivity index is 2.18. The third kappa shape index (κ3) is 1.94. The fourth-order valence-electron chi connectivity index (χ4n) is 1.92. The van der Waals surface area contributed by atoms with Gasteiger partial charge < -0.3 is 0 Å². The van der Waals surface area contributed by atoms with Gasteiger partial charge in [-0.3, -0.25) is 4.57 Å². The maximum atomic E-state index is 6.22. The number of nitrogens with zero attached hydrogens (tertiary/aromatic N) is 3. The first kappa shape index (κ1) is 11.1. The predicted molar refractivity (Wildman–Crippen MR) is 67.9 cm³/mol. The molecule has 1 saturated carbocycles. The average Bonchev–Trinajstić information content (AvgIpc) is 3.10. The summed E-state index contributed by atoms with van der Waals surface area (Å²) in [6, 6.07) is 7.70. The van der Waals surface area contributed by atoms with Crippen molar-refractivity contribution in [3.8, 4) is 5.69 Å². The quantitative estimate of drug-likeness (QED) is 0.797. The monoisotopic (exact) mass is 267 g/mol. The van der Waals surface area contributed by atoms with Gasteiger partial charge in [-0.1, -0.05) is 23.7 Å². The van der Waals surface area contributed by atoms with Gasteiger partial charge in [0, 0.05) is 5.92 Å². The van der Waals surface area contributed by atoms with Crippen LogP contribution in [-0.4, -0.2) is 14.8 Å². The Bertz CT molecular complexity index is 546. The van der Waals surface area contributed by atoms with E-state index in [9.17, 15) is 0 Å². The summed E-state index contributed by atoms with van der Waals surface area (Å²) in [5.41, 5.74) is 0.914. The first-order valence-corrected chi connectivity index (χ1v) is 6.47. The van der Waals surface area contributed by atoms with E-state index in [0.29, 0.717) is 16.8 Å². The Kier molecular flexibility index (Phi) is 2.81. The van der Waals surface area contributed by atoms with Crippen LogP contribution in [0.3, 0.4) is 0 Å². The van der Waals surface area contributed by atoms with Crippen molar-refractivity contribution in [2.24, 2.45) is 0 Å². The fraction of sp³-hybridized carbons (Fsp3) is 0.333. The normalized spacial score (nSPS) is 15.2. The molecule has 17 heavy (non-hydrogen) atoms. The molecule has 3 rings (SSSR count). The molecule has 0 saturated heterocycles. The van der Waals surface area contributed by atoms with Gasteiger partial charge in [-0.25, -0.2) is 0 Å². The van der Waals surface area contributed by atoms with Crippen molar-refractivity contribution < 1.29 is 0 Å². The maximum Gasteiger partial charge on any atom is 0.152 e. The van der Waals surface area contributed by atoms with Crippen LogP contribution in [0.2, 0.25) is 5.02 Å². The van der Waals surface area contributed by atoms with E-state index in [1.165, 1.54) is 12.8 Å². The Morgan fingerprint density at radius 2 is 2.00 bits per heavy atom. The highest BCUT2D eigenvalue weighted by Crippen LogP contribution is 2.40. The summed E-state index contributed by atoms with van der Waals surface area (Å²) in [5, 5.41) is 9.07. The summed E-state index contributed by atoms with van der Waals surface area (Å²) in [6.45, 7) is 0. The smallest absolute Gasteiger partial charge is 0.152 e. The molecule has 3 nitrogen and oxygen atoms in total. The summed E-state index contributed by atoms with van der Waals surface area (Å²) in [5.74, 6) is 2.58. The largest absolute Gasteiger partial charge is 0.280 e. The van der Waals surface area contributed by atoms with Crippen molar-refractivity contribution in [1.29, 1.82) is 0 Å². The highest BCUT2D eigenvalue weighted by Gasteiger charge is 2.31. The molecule has 1 aliphatic rings. The number of hydrogen-bond acceptors (Lipinski definition) is 2. The standard InChI is InChI=1S/C12H11Cl2N3/c13-7-11-15-16-12(8-5-6-8)17(11)10-4-2-1-3-9(10)14/h1-4,8H,5-7H2.